The molecule has 0 aromatic heterocycles. The van der Waals surface area contributed by atoms with Gasteiger partial charge < -0.3 is 15.0 Å². The molecule has 0 aliphatic rings. The van der Waals surface area contributed by atoms with E-state index in [1.54, 1.807) is 13.2 Å². The van der Waals surface area contributed by atoms with E-state index in [-0.39, 0.29) is 0 Å². The molecule has 0 bridgehead atoms. The van der Waals surface area contributed by atoms with Crippen LogP contribution in [0.4, 0.5) is 0 Å². The van der Waals surface area contributed by atoms with Crippen molar-refractivity contribution in [3.05, 3.63) is 29.3 Å². The van der Waals surface area contributed by atoms with Crippen molar-refractivity contribution >= 4 is 0 Å². The number of methoxy groups -OCH3 is 1. The fourth-order valence-corrected chi connectivity index (χ4v) is 1.87. The van der Waals surface area contributed by atoms with Crippen LogP contribution in [0.15, 0.2) is 18.2 Å². The van der Waals surface area contributed by atoms with Crippen molar-refractivity contribution in [3.63, 3.8) is 0 Å². The number of hydrogen-bond acceptors (Lipinski definition) is 4. The van der Waals surface area contributed by atoms with Crippen molar-refractivity contribution in [3.8, 4) is 11.8 Å². The Morgan fingerprint density at radius 1 is 1.44 bits per heavy atom. The van der Waals surface area contributed by atoms with Crippen LogP contribution in [0.2, 0.25) is 0 Å². The van der Waals surface area contributed by atoms with E-state index >= 15 is 0 Å². The molecule has 0 saturated heterocycles. The van der Waals surface area contributed by atoms with Gasteiger partial charge in [-0.1, -0.05) is 0 Å². The van der Waals surface area contributed by atoms with Crippen LogP contribution in [0, 0.1) is 11.3 Å². The molecule has 0 atom stereocenters. The third-order valence-corrected chi connectivity index (χ3v) is 2.82. The highest BCUT2D eigenvalue weighted by atomic mass is 16.5. The van der Waals surface area contributed by atoms with Crippen LogP contribution < -0.4 is 10.1 Å². The summed E-state index contributed by atoms with van der Waals surface area (Å²) in [7, 11) is 5.69. The number of hydrogen-bond donors (Lipinski definition) is 1. The molecule has 1 aromatic carbocycles. The minimum absolute atomic E-state index is 0.675. The first-order chi connectivity index (χ1) is 8.71. The van der Waals surface area contributed by atoms with E-state index in [4.69, 9.17) is 10.00 Å². The summed E-state index contributed by atoms with van der Waals surface area (Å²) < 4.78 is 5.32. The summed E-state index contributed by atoms with van der Waals surface area (Å²) in [5.74, 6) is 0.842. The Kier molecular flexibility index (Phi) is 6.20. The zero-order chi connectivity index (χ0) is 13.4. The molecule has 0 radical (unpaired) electrons. The van der Waals surface area contributed by atoms with Gasteiger partial charge in [-0.2, -0.15) is 5.26 Å². The third-order valence-electron chi connectivity index (χ3n) is 2.82. The van der Waals surface area contributed by atoms with Gasteiger partial charge in [0.25, 0.3) is 0 Å². The van der Waals surface area contributed by atoms with Crippen LogP contribution in [-0.2, 0) is 6.54 Å². The Balaban J connectivity index is 2.67. The number of nitriles is 1. The topological polar surface area (TPSA) is 48.3 Å². The number of nitrogens with one attached hydrogen (secondary N) is 1. The van der Waals surface area contributed by atoms with E-state index in [1.165, 1.54) is 0 Å². The highest BCUT2D eigenvalue weighted by molar-refractivity contribution is 5.41. The van der Waals surface area contributed by atoms with Gasteiger partial charge in [-0.3, -0.25) is 0 Å². The monoisotopic (exact) mass is 247 g/mol. The van der Waals surface area contributed by atoms with E-state index in [0.717, 1.165) is 37.4 Å². The third kappa shape index (κ3) is 4.36. The van der Waals surface area contributed by atoms with Gasteiger partial charge in [-0.25, -0.2) is 0 Å². The highest BCUT2D eigenvalue weighted by Crippen LogP contribution is 2.21. The second kappa shape index (κ2) is 7.70. The lowest BCUT2D eigenvalue weighted by Crippen LogP contribution is -2.22. The minimum atomic E-state index is 0.675. The van der Waals surface area contributed by atoms with Gasteiger partial charge in [0.1, 0.15) is 5.75 Å². The molecule has 0 unspecified atom stereocenters. The van der Waals surface area contributed by atoms with Gasteiger partial charge in [0, 0.05) is 12.1 Å². The summed E-state index contributed by atoms with van der Waals surface area (Å²) in [5.41, 5.74) is 1.73. The molecule has 0 saturated carbocycles. The number of benzene rings is 1. The van der Waals surface area contributed by atoms with Gasteiger partial charge in [-0.15, -0.1) is 0 Å². The van der Waals surface area contributed by atoms with E-state index in [1.807, 2.05) is 19.2 Å². The Bertz CT molecular complexity index is 412. The molecular weight excluding hydrogens is 226 g/mol. The Hall–Kier alpha value is -1.57. The maximum atomic E-state index is 8.92. The van der Waals surface area contributed by atoms with E-state index in [2.05, 4.69) is 23.3 Å². The first-order valence-electron chi connectivity index (χ1n) is 6.11. The van der Waals surface area contributed by atoms with Gasteiger partial charge in [0.05, 0.1) is 18.7 Å². The zero-order valence-corrected chi connectivity index (χ0v) is 11.4. The Morgan fingerprint density at radius 2 is 2.22 bits per heavy atom. The maximum absolute atomic E-state index is 8.92. The summed E-state index contributed by atoms with van der Waals surface area (Å²) in [6.07, 6.45) is 1.10. The lowest BCUT2D eigenvalue weighted by Gasteiger charge is -2.18. The van der Waals surface area contributed by atoms with E-state index in [0.29, 0.717) is 5.56 Å². The van der Waals surface area contributed by atoms with Crippen LogP contribution in [0.25, 0.3) is 0 Å². The average molecular weight is 247 g/mol. The van der Waals surface area contributed by atoms with Gasteiger partial charge in [-0.05, 0) is 51.8 Å². The lowest BCUT2D eigenvalue weighted by molar-refractivity contribution is 0.312. The van der Waals surface area contributed by atoms with Gasteiger partial charge in [0.2, 0.25) is 0 Å². The fraction of sp³-hybridized carbons (Fsp3) is 0.500. The maximum Gasteiger partial charge on any atom is 0.123 e. The Labute approximate surface area is 109 Å². The first kappa shape index (κ1) is 14.5. The molecule has 1 rings (SSSR count). The molecule has 0 fully saturated rings. The predicted octanol–water partition coefficient (Wildman–Crippen LogP) is 1.61. The number of rotatable bonds is 7. The number of ether oxygens (including phenoxy) is 1. The predicted molar refractivity (Wildman–Crippen MR) is 72.6 cm³/mol. The standard InChI is InChI=1S/C14H21N3O/c1-16-7-4-8-17(2)11-13-9-12(10-15)5-6-14(13)18-3/h5-6,9,16H,4,7-8,11H2,1-3H3. The first-order valence-corrected chi connectivity index (χ1v) is 6.11. The minimum Gasteiger partial charge on any atom is -0.496 e. The molecule has 1 aromatic rings. The van der Waals surface area contributed by atoms with Crippen molar-refractivity contribution in [2.45, 2.75) is 13.0 Å². The van der Waals surface area contributed by atoms with Crippen molar-refractivity contribution in [1.29, 1.82) is 5.26 Å². The molecule has 0 aliphatic carbocycles. The van der Waals surface area contributed by atoms with Crippen molar-refractivity contribution in [1.82, 2.24) is 10.2 Å². The summed E-state index contributed by atoms with van der Waals surface area (Å²) in [6.45, 7) is 2.82. The normalized spacial score (nSPS) is 10.4. The molecule has 4 heteroatoms. The summed E-state index contributed by atoms with van der Waals surface area (Å²) in [6, 6.07) is 7.69. The average Bonchev–Trinajstić information content (AvgIpc) is 2.39. The van der Waals surface area contributed by atoms with Gasteiger partial charge in [0.15, 0.2) is 0 Å². The van der Waals surface area contributed by atoms with Crippen LogP contribution >= 0.6 is 0 Å². The van der Waals surface area contributed by atoms with Crippen molar-refractivity contribution < 1.29 is 4.74 Å². The van der Waals surface area contributed by atoms with Crippen molar-refractivity contribution in [2.24, 2.45) is 0 Å². The second-order valence-corrected chi connectivity index (χ2v) is 4.33. The molecule has 0 spiro atoms. The largest absolute Gasteiger partial charge is 0.496 e. The van der Waals surface area contributed by atoms with Crippen LogP contribution in [0.5, 0.6) is 5.75 Å². The second-order valence-electron chi connectivity index (χ2n) is 4.33. The summed E-state index contributed by atoms with van der Waals surface area (Å²) in [5, 5.41) is 12.1. The molecule has 0 aliphatic heterocycles. The molecule has 4 nitrogen and oxygen atoms in total. The van der Waals surface area contributed by atoms with Gasteiger partial charge >= 0.3 is 0 Å². The van der Waals surface area contributed by atoms with E-state index in [9.17, 15) is 0 Å². The number of nitrogens with zero attached hydrogens (tertiary/aromatic N) is 2. The SMILES string of the molecule is CNCCCN(C)Cc1cc(C#N)ccc1OC. The molecule has 98 valence electrons. The highest BCUT2D eigenvalue weighted by Gasteiger charge is 2.07. The summed E-state index contributed by atoms with van der Waals surface area (Å²) in [4.78, 5) is 2.23. The molecule has 18 heavy (non-hydrogen) atoms. The smallest absolute Gasteiger partial charge is 0.123 e. The quantitative estimate of drug-likeness (QED) is 0.744. The molecule has 1 N–H and O–H groups in total. The van der Waals surface area contributed by atoms with Crippen LogP contribution in [0.3, 0.4) is 0 Å². The fourth-order valence-electron chi connectivity index (χ4n) is 1.87. The molecule has 0 amide bonds. The van der Waals surface area contributed by atoms with Crippen LogP contribution in [-0.4, -0.2) is 39.2 Å². The molecule has 0 heterocycles. The van der Waals surface area contributed by atoms with E-state index < -0.39 is 0 Å². The Morgan fingerprint density at radius 3 is 2.83 bits per heavy atom. The van der Waals surface area contributed by atoms with Crippen LogP contribution in [0.1, 0.15) is 17.5 Å². The van der Waals surface area contributed by atoms with Crippen molar-refractivity contribution in [2.75, 3.05) is 34.3 Å². The summed E-state index contributed by atoms with van der Waals surface area (Å²) >= 11 is 0. The zero-order valence-electron chi connectivity index (χ0n) is 11.4. The lowest BCUT2D eigenvalue weighted by atomic mass is 10.1. The molecular formula is C14H21N3O.